The predicted molar refractivity (Wildman–Crippen MR) is 70.3 cm³/mol. The van der Waals surface area contributed by atoms with Crippen LogP contribution in [0.4, 0.5) is 0 Å². The van der Waals surface area contributed by atoms with Crippen LogP contribution in [-0.2, 0) is 10.0 Å². The zero-order valence-corrected chi connectivity index (χ0v) is 12.4. The van der Waals surface area contributed by atoms with E-state index >= 15 is 0 Å². The molecule has 0 saturated carbocycles. The van der Waals surface area contributed by atoms with Crippen LogP contribution in [0.25, 0.3) is 0 Å². The van der Waals surface area contributed by atoms with E-state index in [9.17, 15) is 4.79 Å². The van der Waals surface area contributed by atoms with Crippen LogP contribution >= 0.6 is 0 Å². The third kappa shape index (κ3) is 5.27. The summed E-state index contributed by atoms with van der Waals surface area (Å²) < 4.78 is 5.19. The summed E-state index contributed by atoms with van der Waals surface area (Å²) in [5.74, 6) is -0.269. The summed E-state index contributed by atoms with van der Waals surface area (Å²) >= 11 is 0.143. The summed E-state index contributed by atoms with van der Waals surface area (Å²) in [5, 5.41) is 11.1. The fourth-order valence-corrected chi connectivity index (χ4v) is 3.71. The Morgan fingerprint density at radius 3 is 2.82 bits per heavy atom. The van der Waals surface area contributed by atoms with Crippen molar-refractivity contribution < 1.29 is 14.6 Å². The fraction of sp³-hybridized carbons (Fsp3) is 0.462. The molecule has 0 aromatic heterocycles. The normalized spacial score (nSPS) is 10.9. The first kappa shape index (κ1) is 14.1. The van der Waals surface area contributed by atoms with Crippen molar-refractivity contribution in [3.8, 4) is 5.75 Å². The average Bonchev–Trinajstić information content (AvgIpc) is 2.28. The second-order valence-electron chi connectivity index (χ2n) is 3.96. The molecule has 0 aliphatic carbocycles. The number of carbonyl (C=O) groups is 1. The average molecular weight is 298 g/mol. The van der Waals surface area contributed by atoms with Crippen molar-refractivity contribution in [2.75, 3.05) is 6.61 Å². The number of carboxylic acids is 1. The van der Waals surface area contributed by atoms with E-state index in [-0.39, 0.29) is 22.4 Å². The molecule has 17 heavy (non-hydrogen) atoms. The number of rotatable bonds is 7. The SMILES string of the molecule is CCC[AsH]Cc1ccc(OCC(=O)O)c(C)c1. The van der Waals surface area contributed by atoms with E-state index < -0.39 is 5.97 Å². The number of benzene rings is 1. The van der Waals surface area contributed by atoms with E-state index in [1.54, 1.807) is 0 Å². The van der Waals surface area contributed by atoms with Crippen molar-refractivity contribution in [2.24, 2.45) is 0 Å². The van der Waals surface area contributed by atoms with Gasteiger partial charge in [0.15, 0.2) is 0 Å². The first-order chi connectivity index (χ1) is 8.13. The minimum absolute atomic E-state index is 0.143. The zero-order chi connectivity index (χ0) is 12.7. The second kappa shape index (κ2) is 7.39. The van der Waals surface area contributed by atoms with Crippen molar-refractivity contribution in [3.63, 3.8) is 0 Å². The Bertz CT molecular complexity index is 377. The Morgan fingerprint density at radius 2 is 2.24 bits per heavy atom. The topological polar surface area (TPSA) is 46.5 Å². The zero-order valence-electron chi connectivity index (χ0n) is 10.3. The molecule has 0 heterocycles. The quantitative estimate of drug-likeness (QED) is 0.620. The molecule has 0 saturated heterocycles. The van der Waals surface area contributed by atoms with Gasteiger partial charge in [-0.05, 0) is 0 Å². The van der Waals surface area contributed by atoms with E-state index in [4.69, 9.17) is 9.84 Å². The van der Waals surface area contributed by atoms with Crippen LogP contribution in [0.15, 0.2) is 18.2 Å². The maximum absolute atomic E-state index is 10.4. The van der Waals surface area contributed by atoms with Gasteiger partial charge in [-0.3, -0.25) is 0 Å². The van der Waals surface area contributed by atoms with Crippen LogP contribution in [0.3, 0.4) is 0 Å². The van der Waals surface area contributed by atoms with Crippen LogP contribution in [-0.4, -0.2) is 33.4 Å². The molecule has 94 valence electrons. The summed E-state index contributed by atoms with van der Waals surface area (Å²) in [4.78, 5) is 10.4. The molecule has 0 radical (unpaired) electrons. The third-order valence-electron chi connectivity index (χ3n) is 2.35. The van der Waals surface area contributed by atoms with E-state index in [2.05, 4.69) is 13.0 Å². The van der Waals surface area contributed by atoms with Crippen molar-refractivity contribution >= 4 is 21.7 Å². The Morgan fingerprint density at radius 1 is 1.47 bits per heavy atom. The van der Waals surface area contributed by atoms with Gasteiger partial charge in [0, 0.05) is 0 Å². The van der Waals surface area contributed by atoms with Gasteiger partial charge in [0.25, 0.3) is 0 Å². The number of carboxylic acid groups (broad SMARTS) is 1. The van der Waals surface area contributed by atoms with Crippen molar-refractivity contribution in [1.29, 1.82) is 0 Å². The summed E-state index contributed by atoms with van der Waals surface area (Å²) in [6, 6.07) is 6.03. The minimum atomic E-state index is -0.942. The molecular formula is C13H19AsO3. The maximum atomic E-state index is 10.4. The Balaban J connectivity index is 2.56. The third-order valence-corrected chi connectivity index (χ3v) is 5.52. The van der Waals surface area contributed by atoms with Crippen molar-refractivity contribution in [1.82, 2.24) is 0 Å². The number of hydrogen-bond acceptors (Lipinski definition) is 2. The fourth-order valence-electron chi connectivity index (χ4n) is 1.53. The number of hydrogen-bond donors (Lipinski definition) is 1. The molecule has 1 N–H and O–H groups in total. The van der Waals surface area contributed by atoms with Crippen LogP contribution in [0.5, 0.6) is 5.75 Å². The molecule has 1 rings (SSSR count). The van der Waals surface area contributed by atoms with Crippen LogP contribution in [0.2, 0.25) is 5.21 Å². The monoisotopic (exact) mass is 298 g/mol. The van der Waals surface area contributed by atoms with Crippen LogP contribution < -0.4 is 4.74 Å². The summed E-state index contributed by atoms with van der Waals surface area (Å²) in [7, 11) is 0. The summed E-state index contributed by atoms with van der Waals surface area (Å²) in [6.45, 7) is 3.90. The van der Waals surface area contributed by atoms with Crippen molar-refractivity contribution in [2.45, 2.75) is 30.7 Å². The van der Waals surface area contributed by atoms with Gasteiger partial charge in [-0.25, -0.2) is 0 Å². The number of aliphatic carboxylic acids is 1. The molecule has 3 nitrogen and oxygen atoms in total. The van der Waals surface area contributed by atoms with Crippen LogP contribution in [0, 0.1) is 6.92 Å². The molecule has 0 fully saturated rings. The number of aryl methyl sites for hydroxylation is 1. The summed E-state index contributed by atoms with van der Waals surface area (Å²) in [6.07, 6.45) is 1.28. The standard InChI is InChI=1S/C13H19AsO3/c1-3-6-14-8-11-4-5-12(10(2)7-11)17-9-13(15)16/h4-5,7,14H,3,6,8-9H2,1-2H3,(H,15,16). The predicted octanol–water partition coefficient (Wildman–Crippen LogP) is 2.22. The second-order valence-corrected chi connectivity index (χ2v) is 6.80. The van der Waals surface area contributed by atoms with E-state index in [1.807, 2.05) is 19.1 Å². The summed E-state index contributed by atoms with van der Waals surface area (Å²) in [5.41, 5.74) is 2.37. The van der Waals surface area contributed by atoms with E-state index in [1.165, 1.54) is 22.4 Å². The Labute approximate surface area is 109 Å². The van der Waals surface area contributed by atoms with Crippen LogP contribution in [0.1, 0.15) is 24.5 Å². The molecule has 0 amide bonds. The molecule has 1 aromatic rings. The van der Waals surface area contributed by atoms with Gasteiger partial charge in [0.1, 0.15) is 0 Å². The molecule has 1 aromatic carbocycles. The molecule has 0 bridgehead atoms. The van der Waals surface area contributed by atoms with Gasteiger partial charge in [0.2, 0.25) is 0 Å². The van der Waals surface area contributed by atoms with Gasteiger partial charge in [-0.1, -0.05) is 0 Å². The van der Waals surface area contributed by atoms with Gasteiger partial charge in [-0.2, -0.15) is 0 Å². The molecule has 1 atom stereocenters. The van der Waals surface area contributed by atoms with Gasteiger partial charge in [-0.15, -0.1) is 0 Å². The van der Waals surface area contributed by atoms with Gasteiger partial charge < -0.3 is 0 Å². The first-order valence-corrected chi connectivity index (χ1v) is 8.75. The molecule has 0 aliphatic heterocycles. The molecule has 0 spiro atoms. The Kier molecular flexibility index (Phi) is 6.13. The first-order valence-electron chi connectivity index (χ1n) is 5.78. The van der Waals surface area contributed by atoms with Gasteiger partial charge in [0.05, 0.1) is 0 Å². The Hall–Kier alpha value is -0.952. The molecule has 0 aliphatic rings. The van der Waals surface area contributed by atoms with Crippen molar-refractivity contribution in [3.05, 3.63) is 29.3 Å². The molecular weight excluding hydrogens is 279 g/mol. The van der Waals surface area contributed by atoms with E-state index in [0.29, 0.717) is 5.75 Å². The molecule has 1 unspecified atom stereocenters. The number of ether oxygens (including phenoxy) is 1. The van der Waals surface area contributed by atoms with E-state index in [0.717, 1.165) is 5.56 Å². The molecule has 4 heteroatoms. The van der Waals surface area contributed by atoms with Gasteiger partial charge >= 0.3 is 109 Å².